The number of likely N-dealkylation sites (tertiary alicyclic amines) is 1. The average molecular weight is 486 g/mol. The number of anilines is 1. The van der Waals surface area contributed by atoms with Crippen LogP contribution < -0.4 is 10.6 Å². The maximum Gasteiger partial charge on any atom is 0.249 e. The quantitative estimate of drug-likeness (QED) is 0.650. The molecule has 1 saturated heterocycles. The van der Waals surface area contributed by atoms with Crippen molar-refractivity contribution in [3.05, 3.63) is 35.8 Å². The van der Waals surface area contributed by atoms with Crippen LogP contribution in [0.3, 0.4) is 0 Å². The van der Waals surface area contributed by atoms with Gasteiger partial charge in [0.1, 0.15) is 11.0 Å². The third-order valence-corrected chi connectivity index (χ3v) is 7.01. The van der Waals surface area contributed by atoms with Crippen LogP contribution in [-0.2, 0) is 14.4 Å². The van der Waals surface area contributed by atoms with E-state index >= 15 is 0 Å². The highest BCUT2D eigenvalue weighted by Crippen LogP contribution is 2.29. The minimum Gasteiger partial charge on any atom is -0.349 e. The molecule has 1 aromatic carbocycles. The molecule has 1 aliphatic rings. The van der Waals surface area contributed by atoms with E-state index in [9.17, 15) is 14.4 Å². The Bertz CT molecular complexity index is 999. The van der Waals surface area contributed by atoms with Crippen LogP contribution in [0.1, 0.15) is 40.0 Å². The molecule has 1 fully saturated rings. The summed E-state index contributed by atoms with van der Waals surface area (Å²) in [5.41, 5.74) is 7.49. The van der Waals surface area contributed by atoms with Gasteiger partial charge in [-0.2, -0.15) is 0 Å². The highest BCUT2D eigenvalue weighted by Gasteiger charge is 2.41. The van der Waals surface area contributed by atoms with E-state index in [0.717, 1.165) is 17.0 Å². The van der Waals surface area contributed by atoms with E-state index in [1.165, 1.54) is 4.90 Å². The summed E-state index contributed by atoms with van der Waals surface area (Å²) in [5.74, 6) is -0.446. The van der Waals surface area contributed by atoms with Crippen molar-refractivity contribution in [3.8, 4) is 10.6 Å². The number of amides is 3. The predicted octanol–water partition coefficient (Wildman–Crippen LogP) is 2.99. The molecule has 184 valence electrons. The zero-order valence-corrected chi connectivity index (χ0v) is 21.5. The van der Waals surface area contributed by atoms with Gasteiger partial charge in [0.2, 0.25) is 17.7 Å². The molecule has 3 rings (SSSR count). The van der Waals surface area contributed by atoms with Crippen LogP contribution in [0.25, 0.3) is 10.6 Å². The SMILES string of the molecule is CN(C)C(=O)CCN(C(=O)[C@@H]1CCCN1C(=O)[C@@H](N)C(C)(C)C)c1ccc(-c2nccs2)cc1. The molecule has 2 aromatic rings. The number of carbonyl (C=O) groups excluding carboxylic acids is 3. The Morgan fingerprint density at radius 1 is 1.21 bits per heavy atom. The van der Waals surface area contributed by atoms with Gasteiger partial charge in [-0.05, 0) is 42.5 Å². The second-order valence-electron chi connectivity index (χ2n) is 9.95. The third-order valence-electron chi connectivity index (χ3n) is 6.19. The van der Waals surface area contributed by atoms with Crippen LogP contribution in [0.2, 0.25) is 0 Å². The fraction of sp³-hybridized carbons (Fsp3) is 0.520. The summed E-state index contributed by atoms with van der Waals surface area (Å²) in [4.78, 5) is 48.4. The lowest BCUT2D eigenvalue weighted by Crippen LogP contribution is -2.55. The highest BCUT2D eigenvalue weighted by atomic mass is 32.1. The summed E-state index contributed by atoms with van der Waals surface area (Å²) in [6, 6.07) is 6.31. The standard InChI is InChI=1S/C25H35N5O3S/c1-25(2,3)21(26)24(33)30-14-6-7-19(30)23(32)29(15-12-20(31)28(4)5)18-10-8-17(9-11-18)22-27-13-16-34-22/h8-11,13,16,19,21H,6-7,12,14-15,26H2,1-5H3/t19-,21+/m0/s1. The minimum atomic E-state index is -0.692. The summed E-state index contributed by atoms with van der Waals surface area (Å²) in [6.45, 7) is 6.51. The molecule has 8 nitrogen and oxygen atoms in total. The Kier molecular flexibility index (Phi) is 8.09. The number of aromatic nitrogens is 1. The van der Waals surface area contributed by atoms with Crippen molar-refractivity contribution >= 4 is 34.7 Å². The molecule has 0 aliphatic carbocycles. The van der Waals surface area contributed by atoms with Crippen molar-refractivity contribution in [2.24, 2.45) is 11.1 Å². The number of rotatable bonds is 7. The molecule has 0 spiro atoms. The molecule has 1 aliphatic heterocycles. The van der Waals surface area contributed by atoms with Crippen molar-refractivity contribution < 1.29 is 14.4 Å². The predicted molar refractivity (Wildman–Crippen MR) is 135 cm³/mol. The number of carbonyl (C=O) groups is 3. The van der Waals surface area contributed by atoms with Gasteiger partial charge in [0.25, 0.3) is 0 Å². The smallest absolute Gasteiger partial charge is 0.249 e. The topological polar surface area (TPSA) is 99.8 Å². The number of benzene rings is 1. The maximum atomic E-state index is 13.8. The van der Waals surface area contributed by atoms with Crippen LogP contribution in [0, 0.1) is 5.41 Å². The van der Waals surface area contributed by atoms with Crippen molar-refractivity contribution in [2.75, 3.05) is 32.1 Å². The second kappa shape index (κ2) is 10.7. The van der Waals surface area contributed by atoms with Crippen molar-refractivity contribution in [1.29, 1.82) is 0 Å². The van der Waals surface area contributed by atoms with E-state index < -0.39 is 17.5 Å². The molecule has 1 aromatic heterocycles. The lowest BCUT2D eigenvalue weighted by molar-refractivity contribution is -0.140. The number of nitrogens with two attached hydrogens (primary N) is 1. The largest absolute Gasteiger partial charge is 0.349 e. The van der Waals surface area contributed by atoms with Gasteiger partial charge in [0.05, 0.1) is 6.04 Å². The van der Waals surface area contributed by atoms with Gasteiger partial charge in [-0.3, -0.25) is 14.4 Å². The van der Waals surface area contributed by atoms with Gasteiger partial charge < -0.3 is 20.4 Å². The Hall–Kier alpha value is -2.78. The molecule has 0 unspecified atom stereocenters. The van der Waals surface area contributed by atoms with Crippen molar-refractivity contribution in [1.82, 2.24) is 14.8 Å². The first kappa shape index (κ1) is 25.8. The first-order chi connectivity index (χ1) is 16.0. The van der Waals surface area contributed by atoms with Crippen molar-refractivity contribution in [2.45, 2.75) is 52.1 Å². The highest BCUT2D eigenvalue weighted by molar-refractivity contribution is 7.13. The van der Waals surface area contributed by atoms with E-state index in [4.69, 9.17) is 5.73 Å². The van der Waals surface area contributed by atoms with Gasteiger partial charge in [0, 0.05) is 56.4 Å². The number of thiazole rings is 1. The normalized spacial score (nSPS) is 16.9. The molecule has 3 amide bonds. The molecule has 2 N–H and O–H groups in total. The van der Waals surface area contributed by atoms with E-state index in [-0.39, 0.29) is 30.7 Å². The lowest BCUT2D eigenvalue weighted by atomic mass is 9.86. The third kappa shape index (κ3) is 5.82. The average Bonchev–Trinajstić information content (AvgIpc) is 3.50. The van der Waals surface area contributed by atoms with E-state index in [0.29, 0.717) is 18.7 Å². The molecule has 0 saturated carbocycles. The first-order valence-electron chi connectivity index (χ1n) is 11.6. The number of hydrogen-bond donors (Lipinski definition) is 1. The molecule has 0 radical (unpaired) electrons. The Balaban J connectivity index is 1.86. The van der Waals surface area contributed by atoms with E-state index in [1.54, 1.807) is 41.4 Å². The van der Waals surface area contributed by atoms with Crippen LogP contribution in [0.5, 0.6) is 0 Å². The molecular formula is C25H35N5O3S. The summed E-state index contributed by atoms with van der Waals surface area (Å²) < 4.78 is 0. The van der Waals surface area contributed by atoms with Crippen LogP contribution in [-0.4, -0.2) is 71.8 Å². The molecule has 34 heavy (non-hydrogen) atoms. The molecule has 2 heterocycles. The van der Waals surface area contributed by atoms with Crippen LogP contribution in [0.15, 0.2) is 35.8 Å². The lowest BCUT2D eigenvalue weighted by Gasteiger charge is -2.35. The second-order valence-corrected chi connectivity index (χ2v) is 10.8. The Morgan fingerprint density at radius 2 is 1.88 bits per heavy atom. The maximum absolute atomic E-state index is 13.8. The Labute approximate surface area is 205 Å². The molecule has 9 heteroatoms. The molecular weight excluding hydrogens is 450 g/mol. The van der Waals surface area contributed by atoms with Gasteiger partial charge in [-0.1, -0.05) is 20.8 Å². The minimum absolute atomic E-state index is 0.0636. The summed E-state index contributed by atoms with van der Waals surface area (Å²) in [7, 11) is 3.39. The van der Waals surface area contributed by atoms with Crippen LogP contribution in [0.4, 0.5) is 5.69 Å². The van der Waals surface area contributed by atoms with Gasteiger partial charge in [-0.25, -0.2) is 4.98 Å². The zero-order valence-electron chi connectivity index (χ0n) is 20.7. The summed E-state index contributed by atoms with van der Waals surface area (Å²) in [5, 5.41) is 2.82. The fourth-order valence-electron chi connectivity index (χ4n) is 3.96. The monoisotopic (exact) mass is 485 g/mol. The first-order valence-corrected chi connectivity index (χ1v) is 12.5. The van der Waals surface area contributed by atoms with Gasteiger partial charge in [0.15, 0.2) is 0 Å². The fourth-order valence-corrected chi connectivity index (χ4v) is 4.61. The van der Waals surface area contributed by atoms with E-state index in [1.807, 2.05) is 50.4 Å². The van der Waals surface area contributed by atoms with Gasteiger partial charge in [-0.15, -0.1) is 11.3 Å². The summed E-state index contributed by atoms with van der Waals surface area (Å²) >= 11 is 1.54. The molecule has 2 atom stereocenters. The van der Waals surface area contributed by atoms with Crippen molar-refractivity contribution in [3.63, 3.8) is 0 Å². The number of hydrogen-bond acceptors (Lipinski definition) is 6. The molecule has 0 bridgehead atoms. The van der Waals surface area contributed by atoms with Crippen LogP contribution >= 0.6 is 11.3 Å². The van der Waals surface area contributed by atoms with E-state index in [2.05, 4.69) is 4.98 Å². The Morgan fingerprint density at radius 3 is 2.44 bits per heavy atom. The summed E-state index contributed by atoms with van der Waals surface area (Å²) in [6.07, 6.45) is 3.27. The number of nitrogens with zero attached hydrogens (tertiary/aromatic N) is 4. The van der Waals surface area contributed by atoms with Gasteiger partial charge >= 0.3 is 0 Å². The zero-order chi connectivity index (χ0) is 25.0.